The number of hydrogen-bond donors (Lipinski definition) is 1. The first-order valence-electron chi connectivity index (χ1n) is 13.2. The first kappa shape index (κ1) is 24.7. The lowest BCUT2D eigenvalue weighted by molar-refractivity contribution is -0.136. The summed E-state index contributed by atoms with van der Waals surface area (Å²) in [4.78, 5) is 16.0. The van der Waals surface area contributed by atoms with Gasteiger partial charge in [-0.1, -0.05) is 6.92 Å². The first-order chi connectivity index (χ1) is 18.3. The fourth-order valence-corrected chi connectivity index (χ4v) is 7.74. The molecule has 1 N–H and O–H groups in total. The number of rotatable bonds is 6. The molecule has 0 saturated carbocycles. The van der Waals surface area contributed by atoms with Gasteiger partial charge in [0.15, 0.2) is 0 Å². The number of anilines is 1. The Bertz CT molecular complexity index is 1630. The van der Waals surface area contributed by atoms with Crippen LogP contribution < -0.4 is 4.72 Å². The summed E-state index contributed by atoms with van der Waals surface area (Å²) in [5.41, 5.74) is 4.26. The van der Waals surface area contributed by atoms with E-state index >= 15 is 0 Å². The Morgan fingerprint density at radius 1 is 1.18 bits per heavy atom. The molecule has 3 aliphatic rings. The van der Waals surface area contributed by atoms with Crippen molar-refractivity contribution in [3.63, 3.8) is 0 Å². The zero-order valence-electron chi connectivity index (χ0n) is 21.5. The van der Waals surface area contributed by atoms with Gasteiger partial charge in [-0.3, -0.25) is 9.62 Å². The van der Waals surface area contributed by atoms with Gasteiger partial charge in [0.05, 0.1) is 34.7 Å². The van der Waals surface area contributed by atoms with Gasteiger partial charge in [-0.25, -0.2) is 13.2 Å². The van der Waals surface area contributed by atoms with Crippen LogP contribution in [-0.4, -0.2) is 43.6 Å². The molecule has 4 heterocycles. The number of hydrogen-bond acceptors (Lipinski definition) is 6. The highest BCUT2D eigenvalue weighted by molar-refractivity contribution is 7.92. The molecule has 196 valence electrons. The van der Waals surface area contributed by atoms with Crippen molar-refractivity contribution >= 4 is 38.3 Å². The van der Waals surface area contributed by atoms with Crippen molar-refractivity contribution in [1.29, 1.82) is 5.26 Å². The average Bonchev–Trinajstić information content (AvgIpc) is 3.26. The lowest BCUT2D eigenvalue weighted by Gasteiger charge is -2.53. The molecule has 1 saturated heterocycles. The molecule has 9 heteroatoms. The number of benzene rings is 2. The SMILES string of the molecule is CCOC(=O)C1=C[C@]2(CC)CCCN3CCc4c(n1c1ccc(S(=O)(=O)Nc5ccc(C#N)cc5)cc41)[C@@H]32. The number of ether oxygens (including phenoxy) is 1. The number of carbonyl (C=O) groups excluding carboxylic acids is 1. The van der Waals surface area contributed by atoms with E-state index in [1.165, 1.54) is 0 Å². The summed E-state index contributed by atoms with van der Waals surface area (Å²) in [6.07, 6.45) is 5.92. The zero-order chi connectivity index (χ0) is 26.7. The predicted molar refractivity (Wildman–Crippen MR) is 145 cm³/mol. The van der Waals surface area contributed by atoms with Crippen LogP contribution in [0.2, 0.25) is 0 Å². The van der Waals surface area contributed by atoms with Crippen LogP contribution in [0.4, 0.5) is 5.69 Å². The minimum atomic E-state index is -3.88. The number of aromatic nitrogens is 1. The molecule has 0 amide bonds. The Balaban J connectivity index is 1.51. The van der Waals surface area contributed by atoms with Crippen LogP contribution in [0.5, 0.6) is 0 Å². The molecule has 3 aromatic rings. The minimum Gasteiger partial charge on any atom is -0.461 e. The fourth-order valence-electron chi connectivity index (χ4n) is 6.66. The van der Waals surface area contributed by atoms with Gasteiger partial charge in [0, 0.05) is 28.7 Å². The summed E-state index contributed by atoms with van der Waals surface area (Å²) in [7, 11) is -3.88. The summed E-state index contributed by atoms with van der Waals surface area (Å²) in [6, 6.07) is 13.6. The van der Waals surface area contributed by atoms with Gasteiger partial charge in [-0.05, 0) is 93.3 Å². The largest absolute Gasteiger partial charge is 0.461 e. The van der Waals surface area contributed by atoms with Crippen molar-refractivity contribution < 1.29 is 17.9 Å². The number of nitrogens with one attached hydrogen (secondary N) is 1. The minimum absolute atomic E-state index is 0.146. The lowest BCUT2D eigenvalue weighted by atomic mass is 9.66. The molecule has 0 bridgehead atoms. The molecular weight excluding hydrogens is 500 g/mol. The van der Waals surface area contributed by atoms with E-state index in [2.05, 4.69) is 22.6 Å². The molecule has 0 aliphatic carbocycles. The van der Waals surface area contributed by atoms with E-state index in [0.717, 1.165) is 60.9 Å². The maximum absolute atomic E-state index is 13.4. The number of esters is 1. The van der Waals surface area contributed by atoms with Crippen LogP contribution in [-0.2, 0) is 26.0 Å². The topological polar surface area (TPSA) is 104 Å². The van der Waals surface area contributed by atoms with E-state index in [1.54, 1.807) is 42.5 Å². The van der Waals surface area contributed by atoms with Crippen molar-refractivity contribution in [3.05, 3.63) is 65.4 Å². The highest BCUT2D eigenvalue weighted by atomic mass is 32.2. The molecule has 0 spiro atoms. The monoisotopic (exact) mass is 530 g/mol. The van der Waals surface area contributed by atoms with Gasteiger partial charge in [0.25, 0.3) is 10.0 Å². The number of nitriles is 1. The maximum atomic E-state index is 13.4. The van der Waals surface area contributed by atoms with Crippen LogP contribution in [0.25, 0.3) is 16.6 Å². The van der Waals surface area contributed by atoms with Crippen LogP contribution in [0.15, 0.2) is 53.4 Å². The second-order valence-electron chi connectivity index (χ2n) is 10.3. The number of sulfonamides is 1. The Kier molecular flexibility index (Phi) is 5.85. The first-order valence-corrected chi connectivity index (χ1v) is 14.6. The van der Waals surface area contributed by atoms with Crippen molar-refractivity contribution in [2.45, 2.75) is 50.5 Å². The predicted octanol–water partition coefficient (Wildman–Crippen LogP) is 4.82. The van der Waals surface area contributed by atoms with Crippen LogP contribution >= 0.6 is 0 Å². The molecular formula is C29H30N4O4S. The van der Waals surface area contributed by atoms with Gasteiger partial charge in [-0.2, -0.15) is 5.26 Å². The quantitative estimate of drug-likeness (QED) is 0.458. The second kappa shape index (κ2) is 9.00. The van der Waals surface area contributed by atoms with Crippen molar-refractivity contribution in [3.8, 4) is 6.07 Å². The van der Waals surface area contributed by atoms with E-state index in [9.17, 15) is 13.2 Å². The summed E-state index contributed by atoms with van der Waals surface area (Å²) in [5.74, 6) is -0.347. The Labute approximate surface area is 222 Å². The molecule has 2 atom stereocenters. The molecule has 2 aromatic carbocycles. The smallest absolute Gasteiger partial charge is 0.354 e. The lowest BCUT2D eigenvalue weighted by Crippen LogP contribution is -2.51. The molecule has 3 aliphatic heterocycles. The summed E-state index contributed by atoms with van der Waals surface area (Å²) in [5, 5.41) is 9.88. The molecule has 0 radical (unpaired) electrons. The van der Waals surface area contributed by atoms with Crippen LogP contribution in [0.1, 0.15) is 56.0 Å². The van der Waals surface area contributed by atoms with Crippen molar-refractivity contribution in [1.82, 2.24) is 9.47 Å². The zero-order valence-corrected chi connectivity index (χ0v) is 22.3. The van der Waals surface area contributed by atoms with E-state index < -0.39 is 10.0 Å². The van der Waals surface area contributed by atoms with Crippen LogP contribution in [0, 0.1) is 16.7 Å². The third-order valence-corrected chi connectivity index (χ3v) is 9.75. The normalized spacial score (nSPS) is 22.3. The summed E-state index contributed by atoms with van der Waals surface area (Å²) in [6.45, 7) is 6.21. The Morgan fingerprint density at radius 3 is 2.68 bits per heavy atom. The fraction of sp³-hybridized carbons (Fsp3) is 0.379. The second-order valence-corrected chi connectivity index (χ2v) is 12.0. The molecule has 0 unspecified atom stereocenters. The summed E-state index contributed by atoms with van der Waals surface area (Å²) >= 11 is 0. The number of nitrogens with zero attached hydrogens (tertiary/aromatic N) is 3. The van der Waals surface area contributed by atoms with Crippen molar-refractivity contribution in [2.75, 3.05) is 24.4 Å². The number of piperidine rings is 1. The van der Waals surface area contributed by atoms with Gasteiger partial charge >= 0.3 is 5.97 Å². The standard InChI is InChI=1S/C29H30N4O4S/c1-3-29-13-5-14-32-15-12-22-23-16-21(38(35,36)31-20-8-6-19(18-30)7-9-20)10-11-24(23)33(26(22)27(29)32)25(17-29)28(34)37-4-2/h6-11,16-17,27,31H,3-5,12-15H2,1-2H3/t27-,29+/m1/s1. The average molecular weight is 531 g/mol. The van der Waals surface area contributed by atoms with Gasteiger partial charge in [-0.15, -0.1) is 0 Å². The van der Waals surface area contributed by atoms with Gasteiger partial charge in [0.2, 0.25) is 0 Å². The van der Waals surface area contributed by atoms with E-state index in [4.69, 9.17) is 10.00 Å². The molecule has 6 rings (SSSR count). The number of fused-ring (bicyclic) bond motifs is 3. The van der Waals surface area contributed by atoms with Gasteiger partial charge < -0.3 is 9.30 Å². The van der Waals surface area contributed by atoms with Crippen LogP contribution in [0.3, 0.4) is 0 Å². The molecule has 1 aromatic heterocycles. The van der Waals surface area contributed by atoms with E-state index in [-0.39, 0.29) is 28.9 Å². The van der Waals surface area contributed by atoms with Gasteiger partial charge in [0.1, 0.15) is 5.70 Å². The number of carbonyl (C=O) groups is 1. The van der Waals surface area contributed by atoms with E-state index in [0.29, 0.717) is 16.9 Å². The van der Waals surface area contributed by atoms with Crippen molar-refractivity contribution in [2.24, 2.45) is 5.41 Å². The maximum Gasteiger partial charge on any atom is 0.354 e. The highest BCUT2D eigenvalue weighted by Crippen LogP contribution is 2.57. The Hall–Kier alpha value is -3.61. The molecule has 8 nitrogen and oxygen atoms in total. The van der Waals surface area contributed by atoms with E-state index in [1.807, 2.05) is 17.6 Å². The molecule has 1 fully saturated rings. The molecule has 38 heavy (non-hydrogen) atoms. The Morgan fingerprint density at radius 2 is 1.97 bits per heavy atom. The summed E-state index contributed by atoms with van der Waals surface area (Å²) < 4.78 is 36.9. The third kappa shape index (κ3) is 3.66. The highest BCUT2D eigenvalue weighted by Gasteiger charge is 2.51. The third-order valence-electron chi connectivity index (χ3n) is 8.37.